The lowest BCUT2D eigenvalue weighted by molar-refractivity contribution is 0.0600. The number of nitrogens with zero attached hydrogens (tertiary/aromatic N) is 2. The summed E-state index contributed by atoms with van der Waals surface area (Å²) in [5.74, 6) is -0.753. The van der Waals surface area contributed by atoms with Crippen LogP contribution in [0.4, 0.5) is 5.69 Å². The van der Waals surface area contributed by atoms with Crippen LogP contribution >= 0.6 is 0 Å². The molecular formula is C22H21N3O4. The second kappa shape index (κ2) is 8.52. The number of anilines is 1. The first-order valence-electron chi connectivity index (χ1n) is 9.14. The van der Waals surface area contributed by atoms with Gasteiger partial charge in [0.15, 0.2) is 5.78 Å². The van der Waals surface area contributed by atoms with Crippen molar-refractivity contribution in [2.45, 2.75) is 20.3 Å². The Morgan fingerprint density at radius 1 is 1.07 bits per heavy atom. The van der Waals surface area contributed by atoms with E-state index in [1.54, 1.807) is 24.3 Å². The zero-order valence-corrected chi connectivity index (χ0v) is 16.4. The Hall–Kier alpha value is -3.74. The van der Waals surface area contributed by atoms with E-state index in [2.05, 4.69) is 10.4 Å². The Bertz CT molecular complexity index is 1100. The van der Waals surface area contributed by atoms with E-state index < -0.39 is 11.5 Å². The fourth-order valence-electron chi connectivity index (χ4n) is 2.96. The van der Waals surface area contributed by atoms with Crippen LogP contribution in [0.15, 0.2) is 59.4 Å². The van der Waals surface area contributed by atoms with Gasteiger partial charge in [0.05, 0.1) is 18.4 Å². The SMILES string of the molecule is CCc1nc(-c2ccccc2)c(C(C)=O)n(Nc2ccc(C(=O)OC)cc2)c1=O. The van der Waals surface area contributed by atoms with Crippen LogP contribution in [0.2, 0.25) is 0 Å². The van der Waals surface area contributed by atoms with Crippen molar-refractivity contribution >= 4 is 17.4 Å². The molecular weight excluding hydrogens is 370 g/mol. The smallest absolute Gasteiger partial charge is 0.337 e. The van der Waals surface area contributed by atoms with Gasteiger partial charge in [0.1, 0.15) is 17.1 Å². The zero-order valence-electron chi connectivity index (χ0n) is 16.4. The fourth-order valence-corrected chi connectivity index (χ4v) is 2.96. The zero-order chi connectivity index (χ0) is 21.0. The molecule has 0 amide bonds. The maximum Gasteiger partial charge on any atom is 0.337 e. The van der Waals surface area contributed by atoms with Crippen LogP contribution in [0.3, 0.4) is 0 Å². The lowest BCUT2D eigenvalue weighted by Gasteiger charge is -2.18. The summed E-state index contributed by atoms with van der Waals surface area (Å²) in [6.07, 6.45) is 0.416. The number of carbonyl (C=O) groups is 2. The van der Waals surface area contributed by atoms with Gasteiger partial charge in [0, 0.05) is 12.5 Å². The molecule has 0 fully saturated rings. The Morgan fingerprint density at radius 2 is 1.72 bits per heavy atom. The molecule has 0 bridgehead atoms. The van der Waals surface area contributed by atoms with Gasteiger partial charge in [-0.1, -0.05) is 37.3 Å². The molecule has 0 aliphatic carbocycles. The lowest BCUT2D eigenvalue weighted by atomic mass is 10.1. The van der Waals surface area contributed by atoms with Gasteiger partial charge in [0.2, 0.25) is 0 Å². The quantitative estimate of drug-likeness (QED) is 0.512. The number of ether oxygens (including phenoxy) is 1. The Morgan fingerprint density at radius 3 is 2.28 bits per heavy atom. The van der Waals surface area contributed by atoms with Gasteiger partial charge in [-0.2, -0.15) is 0 Å². The molecule has 0 radical (unpaired) electrons. The molecule has 0 aliphatic heterocycles. The molecule has 0 atom stereocenters. The summed E-state index contributed by atoms with van der Waals surface area (Å²) in [4.78, 5) is 41.5. The van der Waals surface area contributed by atoms with Crippen LogP contribution in [0.5, 0.6) is 0 Å². The number of ketones is 1. The summed E-state index contributed by atoms with van der Waals surface area (Å²) >= 11 is 0. The Balaban J connectivity index is 2.15. The van der Waals surface area contributed by atoms with E-state index in [0.717, 1.165) is 5.56 Å². The highest BCUT2D eigenvalue weighted by molar-refractivity contribution is 5.98. The number of aromatic nitrogens is 2. The Labute approximate surface area is 168 Å². The fraction of sp³-hybridized carbons (Fsp3) is 0.182. The van der Waals surface area contributed by atoms with Gasteiger partial charge in [0.25, 0.3) is 5.56 Å². The molecule has 0 unspecified atom stereocenters. The largest absolute Gasteiger partial charge is 0.465 e. The molecule has 0 aliphatic rings. The van der Waals surface area contributed by atoms with Gasteiger partial charge in [-0.25, -0.2) is 14.5 Å². The van der Waals surface area contributed by atoms with Crippen molar-refractivity contribution < 1.29 is 14.3 Å². The topological polar surface area (TPSA) is 90.3 Å². The van der Waals surface area contributed by atoms with Crippen molar-refractivity contribution in [1.29, 1.82) is 0 Å². The van der Waals surface area contributed by atoms with Crippen molar-refractivity contribution in [3.8, 4) is 11.3 Å². The summed E-state index contributed by atoms with van der Waals surface area (Å²) in [5, 5.41) is 0. The highest BCUT2D eigenvalue weighted by Crippen LogP contribution is 2.22. The Kier molecular flexibility index (Phi) is 5.87. The normalized spacial score (nSPS) is 10.4. The highest BCUT2D eigenvalue weighted by atomic mass is 16.5. The van der Waals surface area contributed by atoms with E-state index in [1.807, 2.05) is 37.3 Å². The van der Waals surface area contributed by atoms with E-state index in [0.29, 0.717) is 29.1 Å². The molecule has 3 rings (SSSR count). The monoisotopic (exact) mass is 391 g/mol. The number of esters is 1. The van der Waals surface area contributed by atoms with Crippen molar-refractivity contribution in [2.75, 3.05) is 12.5 Å². The van der Waals surface area contributed by atoms with E-state index >= 15 is 0 Å². The maximum absolute atomic E-state index is 12.9. The number of methoxy groups -OCH3 is 1. The summed E-state index contributed by atoms with van der Waals surface area (Å²) in [6, 6.07) is 15.7. The van der Waals surface area contributed by atoms with Crippen molar-refractivity contribution in [2.24, 2.45) is 0 Å². The van der Waals surface area contributed by atoms with Gasteiger partial charge in [-0.15, -0.1) is 0 Å². The van der Waals surface area contributed by atoms with Gasteiger partial charge < -0.3 is 4.74 Å². The molecule has 1 heterocycles. The van der Waals surface area contributed by atoms with Crippen molar-refractivity contribution in [3.63, 3.8) is 0 Å². The first kappa shape index (κ1) is 20.0. The summed E-state index contributed by atoms with van der Waals surface area (Å²) in [7, 11) is 1.31. The number of hydrogen-bond donors (Lipinski definition) is 1. The van der Waals surface area contributed by atoms with Crippen LogP contribution in [0.1, 0.15) is 40.4 Å². The molecule has 3 aromatic rings. The highest BCUT2D eigenvalue weighted by Gasteiger charge is 2.21. The second-order valence-electron chi connectivity index (χ2n) is 6.35. The predicted molar refractivity (Wildman–Crippen MR) is 110 cm³/mol. The number of aryl methyl sites for hydroxylation is 1. The molecule has 0 saturated carbocycles. The first-order valence-corrected chi connectivity index (χ1v) is 9.14. The standard InChI is InChI=1S/C22H21N3O4/c1-4-18-21(27)25(24-17-12-10-16(11-13-17)22(28)29-3)20(14(2)26)19(23-18)15-8-6-5-7-9-15/h5-13,24H,4H2,1-3H3. The molecule has 2 aromatic carbocycles. The van der Waals surface area contributed by atoms with E-state index in [1.165, 1.54) is 18.7 Å². The van der Waals surface area contributed by atoms with Crippen LogP contribution in [-0.2, 0) is 11.2 Å². The number of hydrogen-bond acceptors (Lipinski definition) is 6. The van der Waals surface area contributed by atoms with Crippen molar-refractivity contribution in [1.82, 2.24) is 9.66 Å². The third kappa shape index (κ3) is 4.08. The molecule has 29 heavy (non-hydrogen) atoms. The molecule has 0 saturated heterocycles. The van der Waals surface area contributed by atoms with E-state index in [-0.39, 0.29) is 11.5 Å². The summed E-state index contributed by atoms with van der Waals surface area (Å²) in [5.41, 5.74) is 5.19. The van der Waals surface area contributed by atoms with Gasteiger partial charge in [-0.3, -0.25) is 15.0 Å². The number of Topliss-reactive ketones (excluding diaryl/α,β-unsaturated/α-hetero) is 1. The third-order valence-corrected chi connectivity index (χ3v) is 4.41. The third-order valence-electron chi connectivity index (χ3n) is 4.41. The number of rotatable bonds is 6. The number of carbonyl (C=O) groups excluding carboxylic acids is 2. The molecule has 1 aromatic heterocycles. The molecule has 148 valence electrons. The van der Waals surface area contributed by atoms with Crippen LogP contribution in [0, 0.1) is 0 Å². The number of benzene rings is 2. The van der Waals surface area contributed by atoms with Gasteiger partial charge >= 0.3 is 5.97 Å². The molecule has 0 spiro atoms. The van der Waals surface area contributed by atoms with Crippen molar-refractivity contribution in [3.05, 3.63) is 81.9 Å². The molecule has 1 N–H and O–H groups in total. The van der Waals surface area contributed by atoms with E-state index in [4.69, 9.17) is 4.74 Å². The van der Waals surface area contributed by atoms with Crippen LogP contribution < -0.4 is 11.0 Å². The summed E-state index contributed by atoms with van der Waals surface area (Å²) < 4.78 is 5.92. The van der Waals surface area contributed by atoms with Crippen LogP contribution in [0.25, 0.3) is 11.3 Å². The number of nitrogens with one attached hydrogen (secondary N) is 1. The van der Waals surface area contributed by atoms with Crippen LogP contribution in [-0.4, -0.2) is 28.5 Å². The minimum Gasteiger partial charge on any atom is -0.465 e. The minimum absolute atomic E-state index is 0.162. The average Bonchev–Trinajstić information content (AvgIpc) is 2.75. The van der Waals surface area contributed by atoms with E-state index in [9.17, 15) is 14.4 Å². The lowest BCUT2D eigenvalue weighted by Crippen LogP contribution is -2.35. The first-order chi connectivity index (χ1) is 14.0. The van der Waals surface area contributed by atoms with Gasteiger partial charge in [-0.05, 0) is 30.7 Å². The predicted octanol–water partition coefficient (Wildman–Crippen LogP) is 3.34. The summed E-state index contributed by atoms with van der Waals surface area (Å²) in [6.45, 7) is 3.23. The second-order valence-corrected chi connectivity index (χ2v) is 6.35. The maximum atomic E-state index is 12.9. The minimum atomic E-state index is -0.457. The average molecular weight is 391 g/mol. The molecule has 7 heteroatoms. The molecule has 7 nitrogen and oxygen atoms in total.